The average molecular weight is 282 g/mol. The van der Waals surface area contributed by atoms with Crippen molar-refractivity contribution in [3.63, 3.8) is 0 Å². The summed E-state index contributed by atoms with van der Waals surface area (Å²) in [6.45, 7) is 7.65. The maximum atomic E-state index is 11.7. The van der Waals surface area contributed by atoms with Gasteiger partial charge in [0, 0.05) is 6.04 Å². The van der Waals surface area contributed by atoms with Crippen LogP contribution in [0.25, 0.3) is 0 Å². The molecule has 0 bridgehead atoms. The van der Waals surface area contributed by atoms with E-state index in [1.165, 1.54) is 7.11 Å². The Labute approximate surface area is 118 Å². The van der Waals surface area contributed by atoms with Gasteiger partial charge in [0.25, 0.3) is 0 Å². The van der Waals surface area contributed by atoms with Gasteiger partial charge in [-0.1, -0.05) is 0 Å². The summed E-state index contributed by atoms with van der Waals surface area (Å²) in [4.78, 5) is 23.2. The number of carbonyl (C=O) groups is 2. The van der Waals surface area contributed by atoms with Gasteiger partial charge in [0.1, 0.15) is 17.1 Å². The van der Waals surface area contributed by atoms with Crippen LogP contribution in [-0.2, 0) is 16.1 Å². The molecule has 1 amide bonds. The van der Waals surface area contributed by atoms with Crippen LogP contribution in [0.15, 0.2) is 10.5 Å². The molecule has 0 fully saturated rings. The van der Waals surface area contributed by atoms with Gasteiger partial charge in [0.05, 0.1) is 19.7 Å². The average Bonchev–Trinajstić information content (AvgIpc) is 2.75. The van der Waals surface area contributed by atoms with Crippen LogP contribution in [0.3, 0.4) is 0 Å². The maximum Gasteiger partial charge on any atom is 0.341 e. The van der Waals surface area contributed by atoms with Crippen LogP contribution in [0.4, 0.5) is 0 Å². The number of hydrogen-bond donors (Lipinski definition) is 2. The normalized spacial score (nSPS) is 12.3. The number of nitrogens with one attached hydrogen (secondary N) is 2. The van der Waals surface area contributed by atoms with Gasteiger partial charge >= 0.3 is 5.97 Å². The van der Waals surface area contributed by atoms with Gasteiger partial charge in [-0.3, -0.25) is 10.1 Å². The summed E-state index contributed by atoms with van der Waals surface area (Å²) < 4.78 is 10.1. The van der Waals surface area contributed by atoms with Crippen molar-refractivity contribution in [2.45, 2.75) is 46.3 Å². The fraction of sp³-hybridized carbons (Fsp3) is 0.571. The molecule has 0 spiro atoms. The van der Waals surface area contributed by atoms with E-state index in [1.54, 1.807) is 19.9 Å². The van der Waals surface area contributed by atoms with Gasteiger partial charge in [0.2, 0.25) is 5.91 Å². The smallest absolute Gasteiger partial charge is 0.341 e. The Kier molecular flexibility index (Phi) is 5.76. The predicted molar refractivity (Wildman–Crippen MR) is 74.4 cm³/mol. The van der Waals surface area contributed by atoms with Crippen molar-refractivity contribution in [2.24, 2.45) is 0 Å². The van der Waals surface area contributed by atoms with Crippen LogP contribution < -0.4 is 10.6 Å². The zero-order valence-corrected chi connectivity index (χ0v) is 12.6. The predicted octanol–water partition coefficient (Wildman–Crippen LogP) is 1.38. The van der Waals surface area contributed by atoms with Gasteiger partial charge in [-0.2, -0.15) is 0 Å². The number of furan rings is 1. The summed E-state index contributed by atoms with van der Waals surface area (Å²) in [7, 11) is 1.32. The number of methoxy groups -OCH3 is 1. The first-order chi connectivity index (χ1) is 9.35. The van der Waals surface area contributed by atoms with Gasteiger partial charge < -0.3 is 14.5 Å². The molecule has 0 aromatic carbocycles. The molecule has 0 saturated heterocycles. The summed E-state index contributed by atoms with van der Waals surface area (Å²) >= 11 is 0. The highest BCUT2D eigenvalue weighted by molar-refractivity contribution is 5.90. The van der Waals surface area contributed by atoms with E-state index in [-0.39, 0.29) is 18.0 Å². The summed E-state index contributed by atoms with van der Waals surface area (Å²) in [5.74, 6) is 0.597. The molecule has 20 heavy (non-hydrogen) atoms. The second-order valence-electron chi connectivity index (χ2n) is 4.94. The minimum Gasteiger partial charge on any atom is -0.465 e. The van der Waals surface area contributed by atoms with Crippen molar-refractivity contribution in [2.75, 3.05) is 7.11 Å². The van der Waals surface area contributed by atoms with Crippen LogP contribution in [0.5, 0.6) is 0 Å². The van der Waals surface area contributed by atoms with Crippen molar-refractivity contribution in [1.82, 2.24) is 10.6 Å². The zero-order chi connectivity index (χ0) is 15.3. The van der Waals surface area contributed by atoms with E-state index in [1.807, 2.05) is 13.8 Å². The van der Waals surface area contributed by atoms with Crippen LogP contribution in [-0.4, -0.2) is 31.1 Å². The molecule has 0 aliphatic carbocycles. The van der Waals surface area contributed by atoms with Crippen molar-refractivity contribution >= 4 is 11.9 Å². The van der Waals surface area contributed by atoms with E-state index < -0.39 is 5.97 Å². The third-order valence-electron chi connectivity index (χ3n) is 2.78. The van der Waals surface area contributed by atoms with E-state index in [9.17, 15) is 9.59 Å². The Morgan fingerprint density at radius 3 is 2.55 bits per heavy atom. The largest absolute Gasteiger partial charge is 0.465 e. The minimum atomic E-state index is -0.428. The second-order valence-corrected chi connectivity index (χ2v) is 4.94. The number of aryl methyl sites for hydroxylation is 1. The van der Waals surface area contributed by atoms with Crippen LogP contribution in [0, 0.1) is 6.92 Å². The molecule has 2 N–H and O–H groups in total. The molecule has 6 heteroatoms. The lowest BCUT2D eigenvalue weighted by molar-refractivity contribution is -0.123. The van der Waals surface area contributed by atoms with Crippen LogP contribution in [0.1, 0.15) is 42.6 Å². The summed E-state index contributed by atoms with van der Waals surface area (Å²) in [5, 5.41) is 5.86. The monoisotopic (exact) mass is 282 g/mol. The Morgan fingerprint density at radius 1 is 1.35 bits per heavy atom. The molecule has 0 aliphatic rings. The lowest BCUT2D eigenvalue weighted by atomic mass is 10.2. The number of rotatable bonds is 6. The molecule has 0 saturated carbocycles. The van der Waals surface area contributed by atoms with E-state index in [4.69, 9.17) is 4.42 Å². The summed E-state index contributed by atoms with van der Waals surface area (Å²) in [5.41, 5.74) is 0.406. The van der Waals surface area contributed by atoms with Crippen molar-refractivity contribution in [3.8, 4) is 0 Å². The van der Waals surface area contributed by atoms with Gasteiger partial charge in [0.15, 0.2) is 0 Å². The number of hydrogen-bond acceptors (Lipinski definition) is 5. The molecule has 1 atom stereocenters. The van der Waals surface area contributed by atoms with Gasteiger partial charge in [-0.05, 0) is 33.8 Å². The fourth-order valence-electron chi connectivity index (χ4n) is 1.70. The topological polar surface area (TPSA) is 80.6 Å². The SMILES string of the molecule is COC(=O)c1cc(CNC(C)C(=O)NC(C)C)oc1C. The Hall–Kier alpha value is -1.82. The fourth-order valence-corrected chi connectivity index (χ4v) is 1.70. The number of amides is 1. The Balaban J connectivity index is 2.58. The third-order valence-corrected chi connectivity index (χ3v) is 2.78. The second kappa shape index (κ2) is 7.09. The lowest BCUT2D eigenvalue weighted by Crippen LogP contribution is -2.44. The molecule has 1 unspecified atom stereocenters. The standard InChI is InChI=1S/C14H22N2O4/c1-8(2)16-13(17)9(3)15-7-11-6-12(10(4)20-11)14(18)19-5/h6,8-9,15H,7H2,1-5H3,(H,16,17). The number of esters is 1. The summed E-state index contributed by atoms with van der Waals surface area (Å²) in [6.07, 6.45) is 0. The maximum absolute atomic E-state index is 11.7. The van der Waals surface area contributed by atoms with E-state index in [0.717, 1.165) is 0 Å². The van der Waals surface area contributed by atoms with Crippen LogP contribution >= 0.6 is 0 Å². The Bertz CT molecular complexity index is 480. The minimum absolute atomic E-state index is 0.0727. The molecule has 0 radical (unpaired) electrons. The quantitative estimate of drug-likeness (QED) is 0.770. The van der Waals surface area contributed by atoms with Crippen molar-refractivity contribution in [1.29, 1.82) is 0 Å². The summed E-state index contributed by atoms with van der Waals surface area (Å²) in [6, 6.07) is 1.38. The van der Waals surface area contributed by atoms with Crippen molar-refractivity contribution in [3.05, 3.63) is 23.2 Å². The van der Waals surface area contributed by atoms with E-state index in [0.29, 0.717) is 23.6 Å². The first-order valence-corrected chi connectivity index (χ1v) is 6.56. The molecule has 1 aromatic rings. The molecular formula is C14H22N2O4. The number of ether oxygens (including phenoxy) is 1. The molecular weight excluding hydrogens is 260 g/mol. The molecule has 1 aromatic heterocycles. The van der Waals surface area contributed by atoms with E-state index in [2.05, 4.69) is 15.4 Å². The molecule has 6 nitrogen and oxygen atoms in total. The van der Waals surface area contributed by atoms with Gasteiger partial charge in [-0.25, -0.2) is 4.79 Å². The highest BCUT2D eigenvalue weighted by atomic mass is 16.5. The van der Waals surface area contributed by atoms with E-state index >= 15 is 0 Å². The highest BCUT2D eigenvalue weighted by Gasteiger charge is 2.17. The van der Waals surface area contributed by atoms with Crippen LogP contribution in [0.2, 0.25) is 0 Å². The Morgan fingerprint density at radius 2 is 2.00 bits per heavy atom. The van der Waals surface area contributed by atoms with Gasteiger partial charge in [-0.15, -0.1) is 0 Å². The molecule has 0 aliphatic heterocycles. The van der Waals surface area contributed by atoms with Crippen molar-refractivity contribution < 1.29 is 18.7 Å². The highest BCUT2D eigenvalue weighted by Crippen LogP contribution is 2.15. The first kappa shape index (κ1) is 16.2. The lowest BCUT2D eigenvalue weighted by Gasteiger charge is -2.15. The molecule has 1 heterocycles. The molecule has 1 rings (SSSR count). The third kappa shape index (κ3) is 4.38. The number of carbonyl (C=O) groups excluding carboxylic acids is 2. The zero-order valence-electron chi connectivity index (χ0n) is 12.6. The first-order valence-electron chi connectivity index (χ1n) is 6.56. The molecule has 112 valence electrons.